The third kappa shape index (κ3) is 3.10. The zero-order chi connectivity index (χ0) is 9.68. The fraction of sp³-hybridized carbons (Fsp3) is 0.125. The van der Waals surface area contributed by atoms with Crippen LogP contribution in [0.15, 0.2) is 24.3 Å². The first-order valence-electron chi connectivity index (χ1n) is 3.58. The number of amides is 2. The largest absolute Gasteiger partial charge is 0.497 e. The minimum atomic E-state index is -0.245. The van der Waals surface area contributed by atoms with Gasteiger partial charge in [-0.15, -0.1) is 0 Å². The molecule has 0 aromatic heterocycles. The van der Waals surface area contributed by atoms with Crippen LogP contribution in [-0.2, 0) is 0 Å². The normalized spacial score (nSPS) is 9.08. The summed E-state index contributed by atoms with van der Waals surface area (Å²) in [5.41, 5.74) is 0.731. The van der Waals surface area contributed by atoms with Gasteiger partial charge in [-0.3, -0.25) is 3.53 Å². The number of nitrogens with one attached hydrogen (secondary N) is 2. The summed E-state index contributed by atoms with van der Waals surface area (Å²) >= 11 is 1.77. The van der Waals surface area contributed by atoms with Crippen LogP contribution in [0.4, 0.5) is 10.5 Å². The molecule has 0 unspecified atom stereocenters. The molecule has 1 rings (SSSR count). The molecule has 0 atom stereocenters. The maximum Gasteiger partial charge on any atom is 0.327 e. The van der Waals surface area contributed by atoms with Crippen molar-refractivity contribution in [3.8, 4) is 5.75 Å². The van der Waals surface area contributed by atoms with Crippen LogP contribution in [0.3, 0.4) is 0 Å². The van der Waals surface area contributed by atoms with Crippen LogP contribution in [0.25, 0.3) is 0 Å². The number of carbonyl (C=O) groups is 1. The van der Waals surface area contributed by atoms with Gasteiger partial charge in [0.25, 0.3) is 0 Å². The van der Waals surface area contributed by atoms with Crippen LogP contribution in [0.2, 0.25) is 0 Å². The molecule has 1 aromatic carbocycles. The maximum atomic E-state index is 10.9. The number of carbonyl (C=O) groups excluding carboxylic acids is 1. The van der Waals surface area contributed by atoms with Gasteiger partial charge in [-0.2, -0.15) is 0 Å². The molecule has 5 heteroatoms. The molecule has 0 spiro atoms. The highest BCUT2D eigenvalue weighted by Gasteiger charge is 1.98. The van der Waals surface area contributed by atoms with E-state index in [9.17, 15) is 4.79 Å². The van der Waals surface area contributed by atoms with Gasteiger partial charge < -0.3 is 10.1 Å². The second kappa shape index (κ2) is 4.90. The summed E-state index contributed by atoms with van der Waals surface area (Å²) in [5, 5.41) is 2.63. The standard InChI is InChI=1S/C8H9IN2O2/c1-13-7-4-2-6(3-5-7)10-8(12)11-9/h2-5H,1H3,(H2,10,11,12). The van der Waals surface area contributed by atoms with Crippen LogP contribution in [0, 0.1) is 0 Å². The number of urea groups is 1. The van der Waals surface area contributed by atoms with Crippen LogP contribution in [-0.4, -0.2) is 13.1 Å². The molecule has 13 heavy (non-hydrogen) atoms. The third-order valence-electron chi connectivity index (χ3n) is 1.43. The van der Waals surface area contributed by atoms with E-state index in [0.717, 1.165) is 11.4 Å². The lowest BCUT2D eigenvalue weighted by Gasteiger charge is -2.04. The number of ether oxygens (including phenoxy) is 1. The van der Waals surface area contributed by atoms with Gasteiger partial charge in [-0.05, 0) is 24.3 Å². The first-order chi connectivity index (χ1) is 6.26. The van der Waals surface area contributed by atoms with Crippen molar-refractivity contribution in [3.63, 3.8) is 0 Å². The Balaban J connectivity index is 2.64. The predicted octanol–water partition coefficient (Wildman–Crippen LogP) is 2.17. The summed E-state index contributed by atoms with van der Waals surface area (Å²) in [7, 11) is 1.60. The van der Waals surface area contributed by atoms with Crippen molar-refractivity contribution >= 4 is 34.6 Å². The smallest absolute Gasteiger partial charge is 0.327 e. The Bertz CT molecular complexity index is 287. The van der Waals surface area contributed by atoms with E-state index in [-0.39, 0.29) is 6.03 Å². The van der Waals surface area contributed by atoms with E-state index in [4.69, 9.17) is 4.74 Å². The second-order valence-electron chi connectivity index (χ2n) is 2.28. The van der Waals surface area contributed by atoms with Gasteiger partial charge in [-0.1, -0.05) is 0 Å². The van der Waals surface area contributed by atoms with Crippen molar-refractivity contribution in [2.45, 2.75) is 0 Å². The number of anilines is 1. The molecule has 0 bridgehead atoms. The van der Waals surface area contributed by atoms with Crippen LogP contribution >= 0.6 is 22.9 Å². The quantitative estimate of drug-likeness (QED) is 0.648. The van der Waals surface area contributed by atoms with Gasteiger partial charge >= 0.3 is 6.03 Å². The minimum absolute atomic E-state index is 0.245. The topological polar surface area (TPSA) is 50.4 Å². The average Bonchev–Trinajstić information content (AvgIpc) is 2.19. The molecule has 0 aliphatic heterocycles. The van der Waals surface area contributed by atoms with Crippen LogP contribution < -0.4 is 13.6 Å². The van der Waals surface area contributed by atoms with Crippen LogP contribution in [0.5, 0.6) is 5.75 Å². The molecule has 70 valence electrons. The van der Waals surface area contributed by atoms with E-state index >= 15 is 0 Å². The van der Waals surface area contributed by atoms with E-state index in [0.29, 0.717) is 0 Å². The SMILES string of the molecule is COc1ccc(NC(=O)NI)cc1. The molecule has 0 saturated carbocycles. The lowest BCUT2D eigenvalue weighted by molar-refractivity contribution is 0.258. The van der Waals surface area contributed by atoms with E-state index in [1.54, 1.807) is 54.2 Å². The minimum Gasteiger partial charge on any atom is -0.497 e. The monoisotopic (exact) mass is 292 g/mol. The Morgan fingerprint density at radius 3 is 2.46 bits per heavy atom. The zero-order valence-corrected chi connectivity index (χ0v) is 9.16. The van der Waals surface area contributed by atoms with Gasteiger partial charge in [-0.25, -0.2) is 4.79 Å². The third-order valence-corrected chi connectivity index (χ3v) is 1.92. The molecule has 2 amide bonds. The van der Waals surface area contributed by atoms with E-state index in [1.807, 2.05) is 0 Å². The molecule has 0 radical (unpaired) electrons. The molecular weight excluding hydrogens is 283 g/mol. The maximum absolute atomic E-state index is 10.9. The fourth-order valence-electron chi connectivity index (χ4n) is 0.829. The Morgan fingerprint density at radius 2 is 2.00 bits per heavy atom. The van der Waals surface area contributed by atoms with E-state index < -0.39 is 0 Å². The number of methoxy groups -OCH3 is 1. The highest BCUT2D eigenvalue weighted by Crippen LogP contribution is 2.14. The highest BCUT2D eigenvalue weighted by molar-refractivity contribution is 14.1. The summed E-state index contributed by atoms with van der Waals surface area (Å²) in [5.74, 6) is 0.764. The molecule has 2 N–H and O–H groups in total. The molecule has 0 saturated heterocycles. The van der Waals surface area contributed by atoms with Crippen molar-refractivity contribution in [2.75, 3.05) is 12.4 Å². The number of hydrogen-bond acceptors (Lipinski definition) is 2. The van der Waals surface area contributed by atoms with E-state index in [1.165, 1.54) is 0 Å². The average molecular weight is 292 g/mol. The van der Waals surface area contributed by atoms with Crippen molar-refractivity contribution in [2.24, 2.45) is 0 Å². The Kier molecular flexibility index (Phi) is 3.81. The van der Waals surface area contributed by atoms with Gasteiger partial charge in [0.1, 0.15) is 5.75 Å². The van der Waals surface area contributed by atoms with Crippen molar-refractivity contribution in [1.82, 2.24) is 3.53 Å². The van der Waals surface area contributed by atoms with Gasteiger partial charge in [0, 0.05) is 5.69 Å². The van der Waals surface area contributed by atoms with Gasteiger partial charge in [0.15, 0.2) is 0 Å². The number of hydrogen-bond donors (Lipinski definition) is 2. The summed E-state index contributed by atoms with van der Waals surface area (Å²) in [4.78, 5) is 10.9. The summed E-state index contributed by atoms with van der Waals surface area (Å²) in [6.07, 6.45) is 0. The van der Waals surface area contributed by atoms with Crippen LogP contribution in [0.1, 0.15) is 0 Å². The molecule has 0 heterocycles. The number of rotatable bonds is 2. The number of halogens is 1. The van der Waals surface area contributed by atoms with E-state index in [2.05, 4.69) is 8.85 Å². The zero-order valence-electron chi connectivity index (χ0n) is 7.00. The van der Waals surface area contributed by atoms with Crippen molar-refractivity contribution in [1.29, 1.82) is 0 Å². The molecule has 0 aliphatic carbocycles. The Morgan fingerprint density at radius 1 is 1.38 bits per heavy atom. The Hall–Kier alpha value is -0.980. The van der Waals surface area contributed by atoms with Crippen molar-refractivity contribution in [3.05, 3.63) is 24.3 Å². The summed E-state index contributed by atoms with van der Waals surface area (Å²) in [6.45, 7) is 0. The number of benzene rings is 1. The molecule has 1 aromatic rings. The molecular formula is C8H9IN2O2. The predicted molar refractivity (Wildman–Crippen MR) is 59.2 cm³/mol. The molecule has 0 fully saturated rings. The summed E-state index contributed by atoms with van der Waals surface area (Å²) < 4.78 is 7.40. The summed E-state index contributed by atoms with van der Waals surface area (Å²) in [6, 6.07) is 6.85. The molecule has 0 aliphatic rings. The van der Waals surface area contributed by atoms with Gasteiger partial charge in [0.05, 0.1) is 30.0 Å². The van der Waals surface area contributed by atoms with Crippen molar-refractivity contribution < 1.29 is 9.53 Å². The fourth-order valence-corrected chi connectivity index (χ4v) is 0.964. The highest BCUT2D eigenvalue weighted by atomic mass is 127. The lowest BCUT2D eigenvalue weighted by Crippen LogP contribution is -2.19. The van der Waals surface area contributed by atoms with Gasteiger partial charge in [0.2, 0.25) is 0 Å². The first-order valence-corrected chi connectivity index (χ1v) is 4.66. The molecule has 4 nitrogen and oxygen atoms in total. The lowest BCUT2D eigenvalue weighted by atomic mass is 10.3. The second-order valence-corrected chi connectivity index (χ2v) is 2.82. The Labute approximate surface area is 90.2 Å². The first kappa shape index (κ1) is 10.1.